The monoisotopic (exact) mass is 611 g/mol. The number of carbonyl (C=O) groups is 1. The molecule has 6 heteroatoms. The first-order valence-electron chi connectivity index (χ1n) is 16.2. The van der Waals surface area contributed by atoms with E-state index < -0.39 is 0 Å². The van der Waals surface area contributed by atoms with Gasteiger partial charge in [0.1, 0.15) is 0 Å². The molecule has 5 aromatic rings. The molecule has 0 saturated carbocycles. The Labute approximate surface area is 271 Å². The number of hydrogen-bond donors (Lipinski definition) is 0. The summed E-state index contributed by atoms with van der Waals surface area (Å²) in [5.74, 6) is -0.339. The molecule has 0 spiro atoms. The van der Waals surface area contributed by atoms with Crippen LogP contribution in [-0.2, 0) is 14.3 Å². The van der Waals surface area contributed by atoms with Crippen LogP contribution in [0, 0.1) is 0 Å². The summed E-state index contributed by atoms with van der Waals surface area (Å²) in [6, 6.07) is 34.2. The summed E-state index contributed by atoms with van der Waals surface area (Å²) in [4.78, 5) is 14.1. The van der Waals surface area contributed by atoms with Crippen molar-refractivity contribution < 1.29 is 14.3 Å². The number of rotatable bonds is 10. The number of benzene rings is 4. The number of esters is 1. The zero-order valence-electron chi connectivity index (χ0n) is 26.9. The lowest BCUT2D eigenvalue weighted by atomic mass is 9.87. The number of nitrogens with zero attached hydrogens (tertiary/aromatic N) is 3. The van der Waals surface area contributed by atoms with Gasteiger partial charge in [-0.15, -0.1) is 0 Å². The average Bonchev–Trinajstić information content (AvgIpc) is 3.54. The highest BCUT2D eigenvalue weighted by atomic mass is 16.5. The molecule has 1 atom stereocenters. The van der Waals surface area contributed by atoms with Gasteiger partial charge in [-0.25, -0.2) is 9.48 Å². The van der Waals surface area contributed by atoms with Crippen LogP contribution in [0.2, 0.25) is 0 Å². The average molecular weight is 612 g/mol. The summed E-state index contributed by atoms with van der Waals surface area (Å²) in [6.07, 6.45) is 9.30. The Bertz CT molecular complexity index is 1830. The van der Waals surface area contributed by atoms with Gasteiger partial charge in [-0.05, 0) is 108 Å². The van der Waals surface area contributed by atoms with Crippen molar-refractivity contribution in [3.05, 3.63) is 132 Å². The van der Waals surface area contributed by atoms with Gasteiger partial charge in [0.15, 0.2) is 6.23 Å². The number of allylic oxidation sites excluding steroid dienone is 1. The van der Waals surface area contributed by atoms with E-state index >= 15 is 0 Å². The third-order valence-electron chi connectivity index (χ3n) is 8.61. The zero-order valence-corrected chi connectivity index (χ0v) is 26.9. The summed E-state index contributed by atoms with van der Waals surface area (Å²) in [6.45, 7) is 5.16. The maximum atomic E-state index is 11.9. The van der Waals surface area contributed by atoms with Crippen molar-refractivity contribution in [3.8, 4) is 0 Å². The Morgan fingerprint density at radius 2 is 1.63 bits per heavy atom. The fourth-order valence-corrected chi connectivity index (χ4v) is 6.20. The Balaban J connectivity index is 1.41. The summed E-state index contributed by atoms with van der Waals surface area (Å²) in [7, 11) is 2.10. The topological polar surface area (TPSA) is 56.6 Å². The van der Waals surface area contributed by atoms with Crippen LogP contribution in [0.4, 0.5) is 11.4 Å². The molecular weight excluding hydrogens is 570 g/mol. The molecule has 6 nitrogen and oxygen atoms in total. The van der Waals surface area contributed by atoms with Gasteiger partial charge in [-0.2, -0.15) is 5.10 Å². The minimum Gasteiger partial charge on any atom is -0.463 e. The van der Waals surface area contributed by atoms with E-state index in [1.807, 2.05) is 29.1 Å². The van der Waals surface area contributed by atoms with Gasteiger partial charge in [-0.3, -0.25) is 0 Å². The third kappa shape index (κ3) is 6.82. The molecule has 0 amide bonds. The van der Waals surface area contributed by atoms with E-state index in [0.717, 1.165) is 71.3 Å². The molecule has 2 heterocycles. The molecular formula is C40H41N3O3. The van der Waals surface area contributed by atoms with Crippen LogP contribution >= 0.6 is 0 Å². The van der Waals surface area contributed by atoms with Crippen LogP contribution in [0.5, 0.6) is 0 Å². The molecule has 0 N–H and O–H groups in total. The molecule has 1 aliphatic rings. The Kier molecular flexibility index (Phi) is 9.75. The van der Waals surface area contributed by atoms with Gasteiger partial charge in [0.25, 0.3) is 0 Å². The molecule has 1 saturated heterocycles. The van der Waals surface area contributed by atoms with Crippen LogP contribution in [0.3, 0.4) is 0 Å². The van der Waals surface area contributed by atoms with Gasteiger partial charge >= 0.3 is 5.97 Å². The highest BCUT2D eigenvalue weighted by Gasteiger charge is 2.20. The first-order chi connectivity index (χ1) is 22.6. The van der Waals surface area contributed by atoms with Crippen molar-refractivity contribution in [3.63, 3.8) is 0 Å². The van der Waals surface area contributed by atoms with Gasteiger partial charge < -0.3 is 14.4 Å². The quantitative estimate of drug-likeness (QED) is 0.0895. The van der Waals surface area contributed by atoms with Gasteiger partial charge in [0.05, 0.1) is 18.3 Å². The van der Waals surface area contributed by atoms with E-state index in [1.165, 1.54) is 22.8 Å². The van der Waals surface area contributed by atoms with E-state index in [2.05, 4.69) is 97.7 Å². The Hall–Kier alpha value is -4.94. The number of fused-ring (bicyclic) bond motifs is 1. The molecule has 6 rings (SSSR count). The largest absolute Gasteiger partial charge is 0.463 e. The minimum atomic E-state index is -0.339. The predicted octanol–water partition coefficient (Wildman–Crippen LogP) is 9.45. The number of anilines is 2. The normalized spacial score (nSPS) is 15.6. The number of ether oxygens (including phenoxy) is 2. The van der Waals surface area contributed by atoms with Crippen molar-refractivity contribution in [2.75, 3.05) is 25.2 Å². The Morgan fingerprint density at radius 3 is 2.33 bits per heavy atom. The second-order valence-corrected chi connectivity index (χ2v) is 11.5. The second kappa shape index (κ2) is 14.4. The maximum absolute atomic E-state index is 11.9. The molecule has 0 bridgehead atoms. The fourth-order valence-electron chi connectivity index (χ4n) is 6.20. The van der Waals surface area contributed by atoms with Crippen molar-refractivity contribution in [1.82, 2.24) is 9.78 Å². The van der Waals surface area contributed by atoms with Gasteiger partial charge in [-0.1, -0.05) is 67.6 Å². The smallest absolute Gasteiger partial charge is 0.330 e. The van der Waals surface area contributed by atoms with Crippen LogP contribution in [0.15, 0.2) is 109 Å². The van der Waals surface area contributed by atoms with Crippen LogP contribution in [0.1, 0.15) is 68.0 Å². The first-order valence-corrected chi connectivity index (χ1v) is 16.2. The van der Waals surface area contributed by atoms with E-state index in [-0.39, 0.29) is 12.2 Å². The third-order valence-corrected chi connectivity index (χ3v) is 8.61. The maximum Gasteiger partial charge on any atom is 0.330 e. The summed E-state index contributed by atoms with van der Waals surface area (Å²) in [5.41, 5.74) is 10.2. The molecule has 4 aromatic carbocycles. The van der Waals surface area contributed by atoms with Gasteiger partial charge in [0, 0.05) is 36.5 Å². The molecule has 1 aromatic heterocycles. The van der Waals surface area contributed by atoms with Gasteiger partial charge in [0.2, 0.25) is 0 Å². The molecule has 0 aliphatic carbocycles. The molecule has 234 valence electrons. The van der Waals surface area contributed by atoms with E-state index in [4.69, 9.17) is 14.6 Å². The van der Waals surface area contributed by atoms with Crippen LogP contribution in [0.25, 0.3) is 28.1 Å². The second-order valence-electron chi connectivity index (χ2n) is 11.5. The molecule has 1 unspecified atom stereocenters. The van der Waals surface area contributed by atoms with Crippen LogP contribution < -0.4 is 4.90 Å². The predicted molar refractivity (Wildman–Crippen MR) is 188 cm³/mol. The van der Waals surface area contributed by atoms with Crippen LogP contribution in [-0.4, -0.2) is 36.0 Å². The molecule has 46 heavy (non-hydrogen) atoms. The number of hydrogen-bond acceptors (Lipinski definition) is 5. The first kappa shape index (κ1) is 31.1. The zero-order chi connectivity index (χ0) is 31.9. The van der Waals surface area contributed by atoms with E-state index in [9.17, 15) is 4.79 Å². The fraction of sp³-hybridized carbons (Fsp3) is 0.250. The summed E-state index contributed by atoms with van der Waals surface area (Å²) < 4.78 is 13.1. The summed E-state index contributed by atoms with van der Waals surface area (Å²) >= 11 is 0. The van der Waals surface area contributed by atoms with Crippen molar-refractivity contribution >= 4 is 45.5 Å². The SMILES string of the molecule is CCOC(=O)/C=C/c1ccc(/C(=C(/CC)c2ccc(N(C)c3ccccc3)cc2)c2ccc3c(cnn3C3CCCCO3)c2)cc1. The minimum absolute atomic E-state index is 0.0129. The lowest BCUT2D eigenvalue weighted by Crippen LogP contribution is -2.18. The summed E-state index contributed by atoms with van der Waals surface area (Å²) in [5, 5.41) is 5.84. The highest BCUT2D eigenvalue weighted by Crippen LogP contribution is 2.37. The van der Waals surface area contributed by atoms with E-state index in [1.54, 1.807) is 13.0 Å². The lowest BCUT2D eigenvalue weighted by Gasteiger charge is -2.23. The molecule has 1 aliphatic heterocycles. The standard InChI is InChI=1S/C40H41N3O3/c1-4-36(30-19-22-35(23-20-30)42(3)34-11-7-6-8-12-34)40(31-17-14-29(15-18-31)16-25-39(44)45-5-2)32-21-24-37-33(27-32)28-41-43(37)38-13-9-10-26-46-38/h6-8,11-12,14-25,27-28,38H,4-5,9-10,13,26H2,1-3H3/b25-16+,40-36+. The number of aromatic nitrogens is 2. The molecule has 0 radical (unpaired) electrons. The van der Waals surface area contributed by atoms with Crippen molar-refractivity contribution in [1.29, 1.82) is 0 Å². The molecule has 1 fully saturated rings. The lowest BCUT2D eigenvalue weighted by molar-refractivity contribution is -0.137. The van der Waals surface area contributed by atoms with E-state index in [0.29, 0.717) is 6.61 Å². The Morgan fingerprint density at radius 1 is 0.913 bits per heavy atom. The van der Waals surface area contributed by atoms with Crippen molar-refractivity contribution in [2.45, 2.75) is 45.8 Å². The number of para-hydroxylation sites is 1. The van der Waals surface area contributed by atoms with Crippen molar-refractivity contribution in [2.24, 2.45) is 0 Å². The number of carbonyl (C=O) groups excluding carboxylic acids is 1. The highest BCUT2D eigenvalue weighted by molar-refractivity contribution is 6.00.